The summed E-state index contributed by atoms with van der Waals surface area (Å²) in [5, 5.41) is 1.00. The number of anilines is 1. The van der Waals surface area contributed by atoms with Crippen molar-refractivity contribution in [3.8, 4) is 0 Å². The topological polar surface area (TPSA) is 45.7 Å². The fourth-order valence-electron chi connectivity index (χ4n) is 2.76. The number of nitrogens with zero attached hydrogens (tertiary/aromatic N) is 3. The van der Waals surface area contributed by atoms with Gasteiger partial charge in [0.15, 0.2) is 0 Å². The van der Waals surface area contributed by atoms with Gasteiger partial charge in [-0.05, 0) is 45.6 Å². The zero-order valence-corrected chi connectivity index (χ0v) is 14.0. The smallest absolute Gasteiger partial charge is 0.348 e. The molecule has 0 N–H and O–H groups in total. The lowest BCUT2D eigenvalue weighted by molar-refractivity contribution is 0.0532. The minimum atomic E-state index is -0.263. The number of thiophene rings is 1. The fraction of sp³-hybridized carbons (Fsp3) is 0.500. The van der Waals surface area contributed by atoms with E-state index in [1.54, 1.807) is 0 Å². The second-order valence-corrected chi connectivity index (χ2v) is 6.78. The lowest BCUT2D eigenvalue weighted by atomic mass is 10.2. The van der Waals surface area contributed by atoms with E-state index in [0.717, 1.165) is 35.5 Å². The highest BCUT2D eigenvalue weighted by Gasteiger charge is 2.25. The highest BCUT2D eigenvalue weighted by Crippen LogP contribution is 2.28. The van der Waals surface area contributed by atoms with E-state index in [4.69, 9.17) is 9.72 Å². The fourth-order valence-corrected chi connectivity index (χ4v) is 3.68. The number of carbonyl (C=O) groups is 1. The SMILES string of the molecule is CCOC(=O)c1cc2ccc(N3CC[C@H](N(C)C)C3)nc2s1. The Morgan fingerprint density at radius 3 is 3.00 bits per heavy atom. The van der Waals surface area contributed by atoms with Crippen LogP contribution in [-0.2, 0) is 4.74 Å². The summed E-state index contributed by atoms with van der Waals surface area (Å²) in [6, 6.07) is 6.53. The highest BCUT2D eigenvalue weighted by atomic mass is 32.1. The molecule has 0 spiro atoms. The third-order valence-electron chi connectivity index (χ3n) is 4.06. The molecule has 0 bridgehead atoms. The summed E-state index contributed by atoms with van der Waals surface area (Å²) < 4.78 is 5.06. The highest BCUT2D eigenvalue weighted by molar-refractivity contribution is 7.20. The summed E-state index contributed by atoms with van der Waals surface area (Å²) in [7, 11) is 4.24. The second kappa shape index (κ2) is 6.22. The van der Waals surface area contributed by atoms with Gasteiger partial charge in [0.05, 0.1) is 6.61 Å². The summed E-state index contributed by atoms with van der Waals surface area (Å²) in [4.78, 5) is 22.6. The molecule has 0 amide bonds. The molecule has 0 aliphatic carbocycles. The number of ether oxygens (including phenoxy) is 1. The summed E-state index contributed by atoms with van der Waals surface area (Å²) in [5.74, 6) is 0.731. The van der Waals surface area contributed by atoms with Gasteiger partial charge in [0.2, 0.25) is 0 Å². The van der Waals surface area contributed by atoms with Crippen molar-refractivity contribution >= 4 is 33.3 Å². The van der Waals surface area contributed by atoms with Crippen molar-refractivity contribution < 1.29 is 9.53 Å². The molecule has 0 saturated carbocycles. The van der Waals surface area contributed by atoms with Crippen LogP contribution in [-0.4, -0.2) is 55.7 Å². The van der Waals surface area contributed by atoms with Crippen LogP contribution in [0.15, 0.2) is 18.2 Å². The lowest BCUT2D eigenvalue weighted by Crippen LogP contribution is -2.31. The molecular formula is C16H21N3O2S. The summed E-state index contributed by atoms with van der Waals surface area (Å²) >= 11 is 1.40. The predicted molar refractivity (Wildman–Crippen MR) is 89.9 cm³/mol. The third kappa shape index (κ3) is 2.94. The number of esters is 1. The Balaban J connectivity index is 1.83. The number of hydrogen-bond acceptors (Lipinski definition) is 6. The Morgan fingerprint density at radius 1 is 1.50 bits per heavy atom. The molecule has 1 atom stereocenters. The van der Waals surface area contributed by atoms with Crippen molar-refractivity contribution in [1.82, 2.24) is 9.88 Å². The van der Waals surface area contributed by atoms with Crippen LogP contribution in [0.3, 0.4) is 0 Å². The molecule has 5 nitrogen and oxygen atoms in total. The molecule has 0 aromatic carbocycles. The Labute approximate surface area is 134 Å². The monoisotopic (exact) mass is 319 g/mol. The first-order valence-electron chi connectivity index (χ1n) is 7.57. The van der Waals surface area contributed by atoms with E-state index in [1.807, 2.05) is 25.1 Å². The van der Waals surface area contributed by atoms with E-state index >= 15 is 0 Å². The van der Waals surface area contributed by atoms with Gasteiger partial charge in [-0.25, -0.2) is 9.78 Å². The summed E-state index contributed by atoms with van der Waals surface area (Å²) in [5.41, 5.74) is 0. The van der Waals surface area contributed by atoms with Crippen molar-refractivity contribution in [2.45, 2.75) is 19.4 Å². The maximum absolute atomic E-state index is 11.8. The number of rotatable bonds is 4. The van der Waals surface area contributed by atoms with E-state index in [9.17, 15) is 4.79 Å². The minimum absolute atomic E-state index is 0.263. The molecule has 1 saturated heterocycles. The Kier molecular flexibility index (Phi) is 4.31. The summed E-state index contributed by atoms with van der Waals surface area (Å²) in [6.45, 7) is 4.24. The van der Waals surface area contributed by atoms with Gasteiger partial charge in [-0.15, -0.1) is 11.3 Å². The van der Waals surface area contributed by atoms with E-state index in [-0.39, 0.29) is 5.97 Å². The first-order chi connectivity index (χ1) is 10.6. The number of aromatic nitrogens is 1. The van der Waals surface area contributed by atoms with E-state index in [1.165, 1.54) is 11.3 Å². The van der Waals surface area contributed by atoms with Gasteiger partial charge in [0, 0.05) is 24.5 Å². The summed E-state index contributed by atoms with van der Waals surface area (Å²) in [6.07, 6.45) is 1.16. The average Bonchev–Trinajstić information content (AvgIpc) is 3.13. The van der Waals surface area contributed by atoms with Gasteiger partial charge in [-0.1, -0.05) is 0 Å². The number of carbonyl (C=O) groups excluding carboxylic acids is 1. The van der Waals surface area contributed by atoms with Crippen molar-refractivity contribution in [2.24, 2.45) is 0 Å². The Morgan fingerprint density at radius 2 is 2.32 bits per heavy atom. The molecule has 118 valence electrons. The van der Waals surface area contributed by atoms with Crippen molar-refractivity contribution in [1.29, 1.82) is 0 Å². The Hall–Kier alpha value is -1.66. The van der Waals surface area contributed by atoms with Crippen LogP contribution in [0.4, 0.5) is 5.82 Å². The minimum Gasteiger partial charge on any atom is -0.462 e. The quantitative estimate of drug-likeness (QED) is 0.811. The van der Waals surface area contributed by atoms with Gasteiger partial charge >= 0.3 is 5.97 Å². The Bertz CT molecular complexity index is 683. The normalized spacial score (nSPS) is 18.4. The van der Waals surface area contributed by atoms with Crippen molar-refractivity contribution in [2.75, 3.05) is 38.7 Å². The zero-order valence-electron chi connectivity index (χ0n) is 13.2. The zero-order chi connectivity index (χ0) is 15.7. The molecule has 1 aliphatic rings. The average molecular weight is 319 g/mol. The van der Waals surface area contributed by atoms with Crippen LogP contribution in [0.2, 0.25) is 0 Å². The van der Waals surface area contributed by atoms with Crippen LogP contribution in [0.5, 0.6) is 0 Å². The van der Waals surface area contributed by atoms with E-state index in [0.29, 0.717) is 17.5 Å². The van der Waals surface area contributed by atoms with E-state index in [2.05, 4.69) is 23.9 Å². The van der Waals surface area contributed by atoms with Gasteiger partial charge in [0.25, 0.3) is 0 Å². The van der Waals surface area contributed by atoms with Crippen LogP contribution in [0, 0.1) is 0 Å². The second-order valence-electron chi connectivity index (χ2n) is 5.75. The van der Waals surface area contributed by atoms with Crippen LogP contribution in [0.1, 0.15) is 23.0 Å². The van der Waals surface area contributed by atoms with Crippen LogP contribution in [0.25, 0.3) is 10.2 Å². The molecular weight excluding hydrogens is 298 g/mol. The molecule has 2 aromatic rings. The number of fused-ring (bicyclic) bond motifs is 1. The molecule has 6 heteroatoms. The maximum atomic E-state index is 11.8. The number of likely N-dealkylation sites (N-methyl/N-ethyl adjacent to an activating group) is 1. The number of hydrogen-bond donors (Lipinski definition) is 0. The van der Waals surface area contributed by atoms with Gasteiger partial charge in [0.1, 0.15) is 15.5 Å². The molecule has 22 heavy (non-hydrogen) atoms. The van der Waals surface area contributed by atoms with Crippen molar-refractivity contribution in [3.05, 3.63) is 23.1 Å². The first-order valence-corrected chi connectivity index (χ1v) is 8.39. The van der Waals surface area contributed by atoms with Crippen LogP contribution >= 0.6 is 11.3 Å². The largest absolute Gasteiger partial charge is 0.462 e. The van der Waals surface area contributed by atoms with Crippen LogP contribution < -0.4 is 4.90 Å². The predicted octanol–water partition coefficient (Wildman–Crippen LogP) is 2.61. The maximum Gasteiger partial charge on any atom is 0.348 e. The first kappa shape index (κ1) is 15.2. The molecule has 0 unspecified atom stereocenters. The van der Waals surface area contributed by atoms with Gasteiger partial charge < -0.3 is 14.5 Å². The van der Waals surface area contributed by atoms with Gasteiger partial charge in [-0.2, -0.15) is 0 Å². The third-order valence-corrected chi connectivity index (χ3v) is 5.09. The molecule has 3 rings (SSSR count). The van der Waals surface area contributed by atoms with E-state index < -0.39 is 0 Å². The van der Waals surface area contributed by atoms with Crippen molar-refractivity contribution in [3.63, 3.8) is 0 Å². The number of pyridine rings is 1. The lowest BCUT2D eigenvalue weighted by Gasteiger charge is -2.21. The van der Waals surface area contributed by atoms with Gasteiger partial charge in [-0.3, -0.25) is 0 Å². The standard InChI is InChI=1S/C16H21N3O2S/c1-4-21-16(20)13-9-11-5-6-14(17-15(11)22-13)19-8-7-12(10-19)18(2)3/h5-6,9,12H,4,7-8,10H2,1-3H3/t12-/m0/s1. The molecule has 2 aromatic heterocycles. The molecule has 0 radical (unpaired) electrons. The molecule has 1 aliphatic heterocycles. The molecule has 3 heterocycles. The molecule has 1 fully saturated rings.